The van der Waals surface area contributed by atoms with E-state index in [4.69, 9.17) is 16.3 Å². The summed E-state index contributed by atoms with van der Waals surface area (Å²) < 4.78 is 33.7. The molecule has 1 N–H and O–H groups in total. The number of H-pyrrole nitrogens is 1. The van der Waals surface area contributed by atoms with E-state index in [0.29, 0.717) is 35.9 Å². The van der Waals surface area contributed by atoms with E-state index in [2.05, 4.69) is 15.1 Å². The summed E-state index contributed by atoms with van der Waals surface area (Å²) in [4.78, 5) is 32.6. The molecule has 0 radical (unpaired) electrons. The normalized spacial score (nSPS) is 18.6. The molecule has 0 spiro atoms. The zero-order valence-electron chi connectivity index (χ0n) is 15.7. The highest BCUT2D eigenvalue weighted by Crippen LogP contribution is 2.33. The average molecular weight is 466 g/mol. The first-order valence-corrected chi connectivity index (χ1v) is 10.5. The highest BCUT2D eigenvalue weighted by atomic mass is 35.5. The lowest BCUT2D eigenvalue weighted by atomic mass is 10.0. The first-order chi connectivity index (χ1) is 14.9. The highest BCUT2D eigenvalue weighted by molar-refractivity contribution is 7.20. The fourth-order valence-corrected chi connectivity index (χ4v) is 4.53. The number of thiazole rings is 1. The maximum absolute atomic E-state index is 13.6. The molecule has 0 aliphatic carbocycles. The Morgan fingerprint density at radius 3 is 2.61 bits per heavy atom. The van der Waals surface area contributed by atoms with Crippen LogP contribution in [0.3, 0.4) is 0 Å². The molecular formula is C19H14ClF2N5O3S. The van der Waals surface area contributed by atoms with Crippen LogP contribution in [0.2, 0.25) is 0 Å². The van der Waals surface area contributed by atoms with Gasteiger partial charge in [0.2, 0.25) is 0 Å². The third kappa shape index (κ3) is 3.74. The van der Waals surface area contributed by atoms with Gasteiger partial charge >= 0.3 is 6.03 Å². The minimum Gasteiger partial charge on any atom is -0.463 e. The van der Waals surface area contributed by atoms with Gasteiger partial charge < -0.3 is 14.6 Å². The number of nitrogens with one attached hydrogen (secondary N) is 1. The second-order valence-corrected chi connectivity index (χ2v) is 8.51. The Balaban J connectivity index is 1.21. The van der Waals surface area contributed by atoms with Crippen LogP contribution in [0.25, 0.3) is 10.3 Å². The lowest BCUT2D eigenvalue weighted by Gasteiger charge is -2.40. The van der Waals surface area contributed by atoms with Gasteiger partial charge in [-0.1, -0.05) is 11.3 Å². The molecule has 0 saturated carbocycles. The summed E-state index contributed by atoms with van der Waals surface area (Å²) in [6.45, 7) is 0.655. The van der Waals surface area contributed by atoms with Crippen LogP contribution in [-0.4, -0.2) is 56.6 Å². The Morgan fingerprint density at radius 2 is 1.94 bits per heavy atom. The number of hydrazone groups is 1. The predicted octanol–water partition coefficient (Wildman–Crippen LogP) is 3.90. The zero-order chi connectivity index (χ0) is 21.7. The van der Waals surface area contributed by atoms with Crippen molar-refractivity contribution in [3.63, 3.8) is 0 Å². The molecular weight excluding hydrogens is 452 g/mol. The standard InChI is InChI=1S/C19H14ClF2N5O3S/c20-16(28)13-6-15-17(24-13)25-18(31-15)30-12-7-26(8-12)19(29)27-14(1-2-23-27)9-3-10(21)5-11(22)4-9/h2-6,12,14,24H,1,7-8H2/t14-/m0/s1. The number of benzene rings is 1. The Labute approximate surface area is 183 Å². The van der Waals surface area contributed by atoms with Gasteiger partial charge in [-0.15, -0.1) is 0 Å². The van der Waals surface area contributed by atoms with E-state index in [1.807, 2.05) is 0 Å². The molecule has 3 aromatic rings. The number of fused-ring (bicyclic) bond motifs is 1. The predicted molar refractivity (Wildman–Crippen MR) is 110 cm³/mol. The van der Waals surface area contributed by atoms with E-state index in [1.54, 1.807) is 17.2 Å². The van der Waals surface area contributed by atoms with Crippen LogP contribution in [0.4, 0.5) is 13.6 Å². The van der Waals surface area contributed by atoms with E-state index in [-0.39, 0.29) is 17.8 Å². The molecule has 1 saturated heterocycles. The second kappa shape index (κ2) is 7.57. The molecule has 0 bridgehead atoms. The highest BCUT2D eigenvalue weighted by Gasteiger charge is 2.39. The first-order valence-electron chi connectivity index (χ1n) is 9.30. The number of likely N-dealkylation sites (tertiary alicyclic amines) is 1. The van der Waals surface area contributed by atoms with Crippen LogP contribution in [0.1, 0.15) is 28.5 Å². The van der Waals surface area contributed by atoms with Gasteiger partial charge in [-0.2, -0.15) is 10.1 Å². The molecule has 12 heteroatoms. The van der Waals surface area contributed by atoms with Gasteiger partial charge in [0.1, 0.15) is 23.4 Å². The van der Waals surface area contributed by atoms with Gasteiger partial charge in [0, 0.05) is 18.7 Å². The third-order valence-electron chi connectivity index (χ3n) is 5.06. The van der Waals surface area contributed by atoms with E-state index in [1.165, 1.54) is 28.5 Å². The lowest BCUT2D eigenvalue weighted by Crippen LogP contribution is -2.58. The number of nitrogens with zero attached hydrogens (tertiary/aromatic N) is 4. The molecule has 2 amide bonds. The molecule has 1 fully saturated rings. The van der Waals surface area contributed by atoms with E-state index >= 15 is 0 Å². The van der Waals surface area contributed by atoms with Gasteiger partial charge in [-0.25, -0.2) is 18.6 Å². The topological polar surface area (TPSA) is 90.9 Å². The molecule has 2 aromatic heterocycles. The molecule has 31 heavy (non-hydrogen) atoms. The Kier molecular flexibility index (Phi) is 4.86. The Bertz CT molecular complexity index is 1170. The van der Waals surface area contributed by atoms with Crippen molar-refractivity contribution in [3.8, 4) is 5.19 Å². The number of carbonyl (C=O) groups excluding carboxylic acids is 2. The van der Waals surface area contributed by atoms with Crippen molar-refractivity contribution < 1.29 is 23.1 Å². The first kappa shape index (κ1) is 19.9. The molecule has 4 heterocycles. The molecule has 5 rings (SSSR count). The molecule has 2 aliphatic rings. The van der Waals surface area contributed by atoms with E-state index in [0.717, 1.165) is 10.8 Å². The fraction of sp³-hybridized carbons (Fsp3) is 0.263. The van der Waals surface area contributed by atoms with Crippen LogP contribution < -0.4 is 4.74 Å². The lowest BCUT2D eigenvalue weighted by molar-refractivity contribution is 0.0277. The monoisotopic (exact) mass is 465 g/mol. The van der Waals surface area contributed by atoms with Crippen molar-refractivity contribution in [2.75, 3.05) is 13.1 Å². The summed E-state index contributed by atoms with van der Waals surface area (Å²) in [7, 11) is 0. The van der Waals surface area contributed by atoms with Crippen molar-refractivity contribution in [1.82, 2.24) is 19.9 Å². The van der Waals surface area contributed by atoms with Gasteiger partial charge in [0.25, 0.3) is 10.4 Å². The third-order valence-corrected chi connectivity index (χ3v) is 6.15. The van der Waals surface area contributed by atoms with Crippen molar-refractivity contribution in [1.29, 1.82) is 0 Å². The molecule has 2 aliphatic heterocycles. The SMILES string of the molecule is O=C(Cl)c1cc2sc(OC3CN(C(=O)N4N=CC[C@H]4c4cc(F)cc(F)c4)C3)nc2[nH]1. The minimum atomic E-state index is -0.700. The largest absolute Gasteiger partial charge is 0.463 e. The summed E-state index contributed by atoms with van der Waals surface area (Å²) in [6, 6.07) is 3.88. The number of rotatable bonds is 4. The van der Waals surface area contributed by atoms with Crippen LogP contribution in [0.5, 0.6) is 5.19 Å². The van der Waals surface area contributed by atoms with Crippen molar-refractivity contribution in [2.45, 2.75) is 18.6 Å². The van der Waals surface area contributed by atoms with Gasteiger partial charge in [-0.3, -0.25) is 4.79 Å². The maximum atomic E-state index is 13.6. The van der Waals surface area contributed by atoms with Crippen LogP contribution in [-0.2, 0) is 0 Å². The van der Waals surface area contributed by atoms with E-state index in [9.17, 15) is 18.4 Å². The number of hydrogen-bond acceptors (Lipinski definition) is 6. The van der Waals surface area contributed by atoms with Gasteiger partial charge in [0.05, 0.1) is 23.8 Å². The molecule has 1 atom stereocenters. The number of aromatic nitrogens is 2. The Hall–Kier alpha value is -3.05. The minimum absolute atomic E-state index is 0.245. The number of urea groups is 1. The molecule has 160 valence electrons. The van der Waals surface area contributed by atoms with Crippen molar-refractivity contribution in [3.05, 3.63) is 47.2 Å². The molecule has 0 unspecified atom stereocenters. The summed E-state index contributed by atoms with van der Waals surface area (Å²) in [5.74, 6) is -1.40. The fourth-order valence-electron chi connectivity index (χ4n) is 3.55. The van der Waals surface area contributed by atoms with Crippen LogP contribution in [0, 0.1) is 11.6 Å². The van der Waals surface area contributed by atoms with Crippen LogP contribution >= 0.6 is 22.9 Å². The van der Waals surface area contributed by atoms with Crippen molar-refractivity contribution in [2.24, 2.45) is 5.10 Å². The summed E-state index contributed by atoms with van der Waals surface area (Å²) >= 11 is 6.70. The molecule has 1 aromatic carbocycles. The maximum Gasteiger partial charge on any atom is 0.341 e. The number of carbonyl (C=O) groups is 2. The number of ether oxygens (including phenoxy) is 1. The summed E-state index contributed by atoms with van der Waals surface area (Å²) in [5, 5.41) is 5.15. The van der Waals surface area contributed by atoms with E-state index < -0.39 is 22.9 Å². The smallest absolute Gasteiger partial charge is 0.341 e. The number of amides is 2. The van der Waals surface area contributed by atoms with Gasteiger partial charge in [0.15, 0.2) is 5.65 Å². The second-order valence-electron chi connectivity index (χ2n) is 7.17. The number of halogens is 3. The van der Waals surface area contributed by atoms with Crippen molar-refractivity contribution >= 4 is 50.8 Å². The number of hydrogen-bond donors (Lipinski definition) is 1. The van der Waals surface area contributed by atoms with Gasteiger partial charge in [-0.05, 0) is 35.4 Å². The Morgan fingerprint density at radius 1 is 1.19 bits per heavy atom. The molecule has 8 nitrogen and oxygen atoms in total. The van der Waals surface area contributed by atoms with Crippen LogP contribution in [0.15, 0.2) is 29.4 Å². The quantitative estimate of drug-likeness (QED) is 0.592. The number of aromatic amines is 1. The zero-order valence-corrected chi connectivity index (χ0v) is 17.3. The summed E-state index contributed by atoms with van der Waals surface area (Å²) in [5.41, 5.74) is 1.12. The summed E-state index contributed by atoms with van der Waals surface area (Å²) in [6.07, 6.45) is 1.68. The average Bonchev–Trinajstić information content (AvgIpc) is 3.37.